The molecule has 3 heteroatoms. The van der Waals surface area contributed by atoms with Crippen LogP contribution >= 0.6 is 0 Å². The van der Waals surface area contributed by atoms with Crippen LogP contribution in [0.25, 0.3) is 0 Å². The summed E-state index contributed by atoms with van der Waals surface area (Å²) in [6.07, 6.45) is 1.79. The van der Waals surface area contributed by atoms with E-state index in [1.807, 2.05) is 26.7 Å². The first-order valence-corrected chi connectivity index (χ1v) is 4.67. The molecule has 1 rings (SSSR count). The molecule has 1 aliphatic rings. The van der Waals surface area contributed by atoms with Gasteiger partial charge in [0, 0.05) is 13.0 Å². The molecule has 0 spiro atoms. The summed E-state index contributed by atoms with van der Waals surface area (Å²) in [6.45, 7) is 6.89. The maximum Gasteiger partial charge on any atom is 0.145 e. The molecule has 3 nitrogen and oxygen atoms in total. The van der Waals surface area contributed by atoms with Gasteiger partial charge in [-0.1, -0.05) is 0 Å². The second kappa shape index (κ2) is 3.95. The Hall–Kier alpha value is -0.790. The average molecular weight is 183 g/mol. The first-order valence-electron chi connectivity index (χ1n) is 4.67. The van der Waals surface area contributed by atoms with Crippen molar-refractivity contribution in [1.82, 2.24) is 5.32 Å². The van der Waals surface area contributed by atoms with Gasteiger partial charge in [0.2, 0.25) is 0 Å². The van der Waals surface area contributed by atoms with Gasteiger partial charge in [-0.15, -0.1) is 0 Å². The van der Waals surface area contributed by atoms with E-state index in [9.17, 15) is 4.79 Å². The summed E-state index contributed by atoms with van der Waals surface area (Å²) in [4.78, 5) is 10.4. The molecule has 0 aromatic rings. The van der Waals surface area contributed by atoms with Crippen LogP contribution in [0.15, 0.2) is 5.70 Å². The van der Waals surface area contributed by atoms with E-state index in [2.05, 4.69) is 5.32 Å². The number of rotatable bonds is 1. The monoisotopic (exact) mass is 183 g/mol. The molecule has 0 aromatic heterocycles. The van der Waals surface area contributed by atoms with Gasteiger partial charge < -0.3 is 10.1 Å². The first kappa shape index (κ1) is 10.3. The summed E-state index contributed by atoms with van der Waals surface area (Å²) in [5.41, 5.74) is 0.510. The molecule has 1 aliphatic heterocycles. The van der Waals surface area contributed by atoms with Crippen molar-refractivity contribution in [3.63, 3.8) is 0 Å². The van der Waals surface area contributed by atoms with E-state index in [0.29, 0.717) is 12.1 Å². The zero-order valence-electron chi connectivity index (χ0n) is 8.52. The third-order valence-electron chi connectivity index (χ3n) is 1.88. The average Bonchev–Trinajstić information content (AvgIpc) is 2.01. The molecule has 74 valence electrons. The van der Waals surface area contributed by atoms with Crippen LogP contribution in [0.2, 0.25) is 0 Å². The molecule has 1 unspecified atom stereocenters. The van der Waals surface area contributed by atoms with Gasteiger partial charge in [0.25, 0.3) is 0 Å². The largest absolute Gasteiger partial charge is 0.379 e. The highest BCUT2D eigenvalue weighted by molar-refractivity contribution is 5.51. The van der Waals surface area contributed by atoms with E-state index in [-0.39, 0.29) is 11.7 Å². The van der Waals surface area contributed by atoms with E-state index >= 15 is 0 Å². The Morgan fingerprint density at radius 2 is 2.23 bits per heavy atom. The fourth-order valence-electron chi connectivity index (χ4n) is 1.46. The topological polar surface area (TPSA) is 38.3 Å². The predicted molar refractivity (Wildman–Crippen MR) is 51.1 cm³/mol. The first-order chi connectivity index (χ1) is 6.01. The Balaban J connectivity index is 2.48. The molecule has 1 saturated heterocycles. The van der Waals surface area contributed by atoms with Gasteiger partial charge in [0.1, 0.15) is 5.94 Å². The third-order valence-corrected chi connectivity index (χ3v) is 1.88. The normalized spacial score (nSPS) is 23.6. The maximum atomic E-state index is 10.4. The maximum absolute atomic E-state index is 10.4. The number of piperidine rings is 1. The summed E-state index contributed by atoms with van der Waals surface area (Å²) in [5, 5.41) is 3.00. The van der Waals surface area contributed by atoms with E-state index < -0.39 is 0 Å². The predicted octanol–water partition coefficient (Wildman–Crippen LogP) is 1.27. The van der Waals surface area contributed by atoms with Crippen LogP contribution in [0.1, 0.15) is 33.6 Å². The van der Waals surface area contributed by atoms with Crippen LogP contribution in [-0.2, 0) is 9.53 Å². The van der Waals surface area contributed by atoms with Gasteiger partial charge in [0.15, 0.2) is 0 Å². The molecule has 1 N–H and O–H groups in total. The number of hydrogen-bond donors (Lipinski definition) is 1. The van der Waals surface area contributed by atoms with Crippen molar-refractivity contribution < 1.29 is 9.53 Å². The molecule has 1 fully saturated rings. The van der Waals surface area contributed by atoms with Crippen molar-refractivity contribution in [3.8, 4) is 0 Å². The van der Waals surface area contributed by atoms with Crippen LogP contribution < -0.4 is 5.32 Å². The second-order valence-corrected chi connectivity index (χ2v) is 4.35. The summed E-state index contributed by atoms with van der Waals surface area (Å²) in [7, 11) is 0. The number of nitrogens with one attached hydrogen (secondary N) is 1. The van der Waals surface area contributed by atoms with Gasteiger partial charge in [-0.3, -0.25) is 0 Å². The fourth-order valence-corrected chi connectivity index (χ4v) is 1.46. The van der Waals surface area contributed by atoms with Gasteiger partial charge in [0.05, 0.1) is 17.4 Å². The summed E-state index contributed by atoms with van der Waals surface area (Å²) >= 11 is 0. The Kier molecular flexibility index (Phi) is 3.12. The second-order valence-electron chi connectivity index (χ2n) is 4.35. The molecule has 1 atom stereocenters. The van der Waals surface area contributed by atoms with Crippen LogP contribution in [0.5, 0.6) is 0 Å². The zero-order valence-corrected chi connectivity index (χ0v) is 8.52. The lowest BCUT2D eigenvalue weighted by molar-refractivity contribution is -0.0660. The number of carbonyl (C=O) groups excluding carboxylic acids is 1. The Morgan fingerprint density at radius 3 is 2.77 bits per heavy atom. The summed E-state index contributed by atoms with van der Waals surface area (Å²) in [5.74, 6) is 1.90. The van der Waals surface area contributed by atoms with Crippen molar-refractivity contribution in [3.05, 3.63) is 5.70 Å². The van der Waals surface area contributed by atoms with Crippen molar-refractivity contribution in [2.75, 3.05) is 6.54 Å². The molecule has 1 heterocycles. The Labute approximate surface area is 79.2 Å². The molecule has 0 radical (unpaired) electrons. The van der Waals surface area contributed by atoms with E-state index in [1.54, 1.807) is 0 Å². The summed E-state index contributed by atoms with van der Waals surface area (Å²) < 4.78 is 5.77. The minimum atomic E-state index is -0.129. The molecule has 13 heavy (non-hydrogen) atoms. The third kappa shape index (κ3) is 3.62. The van der Waals surface area contributed by atoms with Gasteiger partial charge >= 0.3 is 0 Å². The van der Waals surface area contributed by atoms with Crippen molar-refractivity contribution in [2.24, 2.45) is 0 Å². The quantitative estimate of drug-likeness (QED) is 0.622. The minimum Gasteiger partial charge on any atom is -0.379 e. The van der Waals surface area contributed by atoms with Gasteiger partial charge in [-0.2, -0.15) is 0 Å². The summed E-state index contributed by atoms with van der Waals surface area (Å²) in [6, 6.07) is 0. The lowest BCUT2D eigenvalue weighted by Gasteiger charge is -2.30. The molecular formula is C10H17NO2. The molecule has 0 aromatic carbocycles. The highest BCUT2D eigenvalue weighted by Gasteiger charge is 2.23. The lowest BCUT2D eigenvalue weighted by atomic mass is 10.1. The fraction of sp³-hybridized carbons (Fsp3) is 0.800. The Bertz CT molecular complexity index is 224. The minimum absolute atomic E-state index is 0.129. The van der Waals surface area contributed by atoms with Crippen molar-refractivity contribution in [2.45, 2.75) is 45.3 Å². The zero-order chi connectivity index (χ0) is 9.90. The van der Waals surface area contributed by atoms with Crippen molar-refractivity contribution in [1.29, 1.82) is 0 Å². The van der Waals surface area contributed by atoms with Crippen molar-refractivity contribution >= 4 is 5.94 Å². The lowest BCUT2D eigenvalue weighted by Crippen LogP contribution is -2.36. The van der Waals surface area contributed by atoms with E-state index in [1.165, 1.54) is 0 Å². The van der Waals surface area contributed by atoms with E-state index in [4.69, 9.17) is 4.74 Å². The molecular weight excluding hydrogens is 166 g/mol. The van der Waals surface area contributed by atoms with Gasteiger partial charge in [-0.25, -0.2) is 4.79 Å². The molecule has 0 saturated carbocycles. The number of ether oxygens (including phenoxy) is 1. The number of hydrogen-bond acceptors (Lipinski definition) is 3. The smallest absolute Gasteiger partial charge is 0.145 e. The van der Waals surface area contributed by atoms with E-state index in [0.717, 1.165) is 13.0 Å². The van der Waals surface area contributed by atoms with Crippen LogP contribution in [0.4, 0.5) is 0 Å². The van der Waals surface area contributed by atoms with Gasteiger partial charge in [-0.05, 0) is 27.2 Å². The van der Waals surface area contributed by atoms with Crippen LogP contribution in [-0.4, -0.2) is 24.2 Å². The molecule has 0 amide bonds. The Morgan fingerprint density at radius 1 is 1.54 bits per heavy atom. The molecule has 0 aliphatic carbocycles. The standard InChI is InChI=1S/C10H17NO2/c1-10(2,3)13-9-4-5-11-8(6-9)7-12/h9,11H,4-6H2,1-3H3. The van der Waals surface area contributed by atoms with Crippen LogP contribution in [0.3, 0.4) is 0 Å². The molecule has 0 bridgehead atoms. The highest BCUT2D eigenvalue weighted by Crippen LogP contribution is 2.19. The SMILES string of the molecule is CC(C)(C)OC1CCNC(=C=O)C1. The highest BCUT2D eigenvalue weighted by atomic mass is 16.5. The van der Waals surface area contributed by atoms with Crippen LogP contribution in [0, 0.1) is 0 Å².